The molecule has 2 aromatic carbocycles. The minimum absolute atomic E-state index is 0.0635. The van der Waals surface area contributed by atoms with Crippen LogP contribution in [0.15, 0.2) is 54.6 Å². The Labute approximate surface area is 135 Å². The lowest BCUT2D eigenvalue weighted by Gasteiger charge is -2.25. The monoisotopic (exact) mass is 316 g/mol. The van der Waals surface area contributed by atoms with E-state index in [0.717, 1.165) is 5.56 Å². The summed E-state index contributed by atoms with van der Waals surface area (Å²) in [6.07, 6.45) is 0. The molecule has 23 heavy (non-hydrogen) atoms. The van der Waals surface area contributed by atoms with Crippen LogP contribution in [0.2, 0.25) is 0 Å². The maximum Gasteiger partial charge on any atom is 0.258 e. The molecule has 1 unspecified atom stereocenters. The molecule has 0 radical (unpaired) electrons. The number of likely N-dealkylation sites (N-methyl/N-ethyl adjacent to an activating group) is 1. The normalized spacial score (nSPS) is 12.0. The molecule has 0 fully saturated rings. The molecule has 0 aliphatic rings. The molecule has 1 N–H and O–H groups in total. The van der Waals surface area contributed by atoms with Crippen LogP contribution in [-0.2, 0) is 4.79 Å². The van der Waals surface area contributed by atoms with Crippen LogP contribution in [0.4, 0.5) is 4.39 Å². The van der Waals surface area contributed by atoms with E-state index in [0.29, 0.717) is 6.54 Å². The van der Waals surface area contributed by atoms with Crippen LogP contribution in [-0.4, -0.2) is 38.1 Å². The highest BCUT2D eigenvalue weighted by atomic mass is 19.1. The van der Waals surface area contributed by atoms with E-state index in [4.69, 9.17) is 4.74 Å². The molecule has 4 nitrogen and oxygen atoms in total. The van der Waals surface area contributed by atoms with Crippen LogP contribution in [0.3, 0.4) is 0 Å². The van der Waals surface area contributed by atoms with E-state index >= 15 is 0 Å². The highest BCUT2D eigenvalue weighted by Gasteiger charge is 2.15. The number of halogens is 1. The van der Waals surface area contributed by atoms with Crippen LogP contribution in [0.1, 0.15) is 11.6 Å². The highest BCUT2D eigenvalue weighted by molar-refractivity contribution is 5.77. The summed E-state index contributed by atoms with van der Waals surface area (Å²) < 4.78 is 18.6. The van der Waals surface area contributed by atoms with E-state index in [2.05, 4.69) is 5.32 Å². The quantitative estimate of drug-likeness (QED) is 0.854. The second-order valence-corrected chi connectivity index (χ2v) is 5.41. The molecule has 0 saturated heterocycles. The molecule has 0 bridgehead atoms. The van der Waals surface area contributed by atoms with Gasteiger partial charge in [-0.2, -0.15) is 0 Å². The summed E-state index contributed by atoms with van der Waals surface area (Å²) in [4.78, 5) is 13.9. The number of hydrogen-bond acceptors (Lipinski definition) is 3. The van der Waals surface area contributed by atoms with Gasteiger partial charge in [0.05, 0.1) is 6.04 Å². The van der Waals surface area contributed by atoms with E-state index in [9.17, 15) is 9.18 Å². The molecule has 2 aromatic rings. The summed E-state index contributed by atoms with van der Waals surface area (Å²) in [6.45, 7) is 0.242. The zero-order chi connectivity index (χ0) is 16.7. The smallest absolute Gasteiger partial charge is 0.258 e. The van der Waals surface area contributed by atoms with Crippen LogP contribution in [0.5, 0.6) is 5.75 Å². The van der Waals surface area contributed by atoms with Crippen molar-refractivity contribution in [3.8, 4) is 5.75 Å². The zero-order valence-corrected chi connectivity index (χ0v) is 13.3. The number of ether oxygens (including phenoxy) is 1. The number of benzene rings is 2. The fourth-order valence-electron chi connectivity index (χ4n) is 2.24. The summed E-state index contributed by atoms with van der Waals surface area (Å²) in [7, 11) is 3.92. The van der Waals surface area contributed by atoms with Crippen molar-refractivity contribution >= 4 is 5.91 Å². The first-order chi connectivity index (χ1) is 11.1. The predicted molar refractivity (Wildman–Crippen MR) is 87.8 cm³/mol. The second kappa shape index (κ2) is 8.29. The van der Waals surface area contributed by atoms with E-state index < -0.39 is 5.82 Å². The van der Waals surface area contributed by atoms with E-state index in [-0.39, 0.29) is 24.3 Å². The Morgan fingerprint density at radius 3 is 2.43 bits per heavy atom. The van der Waals surface area contributed by atoms with Crippen molar-refractivity contribution in [3.63, 3.8) is 0 Å². The number of nitrogens with zero attached hydrogens (tertiary/aromatic N) is 1. The molecule has 2 rings (SSSR count). The fraction of sp³-hybridized carbons (Fsp3) is 0.278. The molecular formula is C18H21FN2O2. The van der Waals surface area contributed by atoms with Gasteiger partial charge in [-0.05, 0) is 31.8 Å². The minimum Gasteiger partial charge on any atom is -0.481 e. The van der Waals surface area contributed by atoms with Gasteiger partial charge < -0.3 is 15.0 Å². The van der Waals surface area contributed by atoms with Gasteiger partial charge in [0.25, 0.3) is 5.91 Å². The van der Waals surface area contributed by atoms with Gasteiger partial charge in [-0.25, -0.2) is 4.39 Å². The Bertz CT molecular complexity index is 632. The third-order valence-corrected chi connectivity index (χ3v) is 3.50. The standard InChI is InChI=1S/C18H21FN2O2/c1-21(2)16(14-8-4-3-5-9-14)12-20-18(22)13-23-17-11-7-6-10-15(17)19/h3-11,16H,12-13H2,1-2H3,(H,20,22). The first-order valence-corrected chi connectivity index (χ1v) is 7.43. The number of nitrogens with one attached hydrogen (secondary N) is 1. The topological polar surface area (TPSA) is 41.6 Å². The van der Waals surface area contributed by atoms with Gasteiger partial charge in [0.2, 0.25) is 0 Å². The van der Waals surface area contributed by atoms with Crippen molar-refractivity contribution in [2.24, 2.45) is 0 Å². The Kier molecular flexibility index (Phi) is 6.11. The summed E-state index contributed by atoms with van der Waals surface area (Å²) in [5, 5.41) is 2.82. The predicted octanol–water partition coefficient (Wildman–Crippen LogP) is 2.62. The van der Waals surface area contributed by atoms with Crippen molar-refractivity contribution < 1.29 is 13.9 Å². The number of para-hydroxylation sites is 1. The zero-order valence-electron chi connectivity index (χ0n) is 13.3. The molecule has 0 spiro atoms. The molecule has 1 amide bonds. The number of rotatable bonds is 7. The fourth-order valence-corrected chi connectivity index (χ4v) is 2.24. The summed E-state index contributed by atoms with van der Waals surface area (Å²) in [5.74, 6) is -0.679. The van der Waals surface area contributed by atoms with Crippen LogP contribution < -0.4 is 10.1 Å². The Morgan fingerprint density at radius 1 is 1.13 bits per heavy atom. The summed E-state index contributed by atoms with van der Waals surface area (Å²) in [5.41, 5.74) is 1.12. The molecule has 122 valence electrons. The maximum absolute atomic E-state index is 13.4. The number of amides is 1. The van der Waals surface area contributed by atoms with Crippen molar-refractivity contribution in [3.05, 3.63) is 66.0 Å². The lowest BCUT2D eigenvalue weighted by atomic mass is 10.1. The minimum atomic E-state index is -0.476. The Hall–Kier alpha value is -2.40. The van der Waals surface area contributed by atoms with Gasteiger partial charge in [-0.15, -0.1) is 0 Å². The number of hydrogen-bond donors (Lipinski definition) is 1. The SMILES string of the molecule is CN(C)C(CNC(=O)COc1ccccc1F)c1ccccc1. The van der Waals surface area contributed by atoms with Gasteiger partial charge in [0.1, 0.15) is 0 Å². The average molecular weight is 316 g/mol. The van der Waals surface area contributed by atoms with Gasteiger partial charge in [-0.1, -0.05) is 42.5 Å². The first-order valence-electron chi connectivity index (χ1n) is 7.43. The number of carbonyl (C=O) groups excluding carboxylic acids is 1. The second-order valence-electron chi connectivity index (χ2n) is 5.41. The molecule has 5 heteroatoms. The summed E-state index contributed by atoms with van der Waals surface area (Å²) >= 11 is 0. The molecule has 0 aromatic heterocycles. The molecule has 1 atom stereocenters. The third-order valence-electron chi connectivity index (χ3n) is 3.50. The third kappa shape index (κ3) is 5.07. The van der Waals surface area contributed by atoms with E-state index in [1.54, 1.807) is 12.1 Å². The van der Waals surface area contributed by atoms with Crippen molar-refractivity contribution in [2.75, 3.05) is 27.2 Å². The van der Waals surface area contributed by atoms with Gasteiger partial charge >= 0.3 is 0 Å². The number of carbonyl (C=O) groups is 1. The van der Waals surface area contributed by atoms with E-state index in [1.807, 2.05) is 49.3 Å². The Morgan fingerprint density at radius 2 is 1.78 bits per heavy atom. The van der Waals surface area contributed by atoms with Crippen LogP contribution in [0, 0.1) is 5.82 Å². The lowest BCUT2D eigenvalue weighted by Crippen LogP contribution is -2.36. The summed E-state index contributed by atoms with van der Waals surface area (Å²) in [6, 6.07) is 16.0. The Balaban J connectivity index is 1.86. The average Bonchev–Trinajstić information content (AvgIpc) is 2.55. The van der Waals surface area contributed by atoms with E-state index in [1.165, 1.54) is 12.1 Å². The largest absolute Gasteiger partial charge is 0.481 e. The van der Waals surface area contributed by atoms with Crippen molar-refractivity contribution in [1.82, 2.24) is 10.2 Å². The highest BCUT2D eigenvalue weighted by Crippen LogP contribution is 2.17. The molecule has 0 aliphatic heterocycles. The van der Waals surface area contributed by atoms with Crippen molar-refractivity contribution in [1.29, 1.82) is 0 Å². The van der Waals surface area contributed by atoms with Crippen LogP contribution >= 0.6 is 0 Å². The first kappa shape index (κ1) is 17.0. The molecule has 0 saturated carbocycles. The van der Waals surface area contributed by atoms with Gasteiger partial charge in [-0.3, -0.25) is 4.79 Å². The van der Waals surface area contributed by atoms with Gasteiger partial charge in [0.15, 0.2) is 18.2 Å². The van der Waals surface area contributed by atoms with Gasteiger partial charge in [0, 0.05) is 6.54 Å². The molecule has 0 heterocycles. The maximum atomic E-state index is 13.4. The molecule has 0 aliphatic carbocycles. The van der Waals surface area contributed by atoms with Crippen LogP contribution in [0.25, 0.3) is 0 Å². The lowest BCUT2D eigenvalue weighted by molar-refractivity contribution is -0.123. The molecular weight excluding hydrogens is 295 g/mol. The van der Waals surface area contributed by atoms with Crippen molar-refractivity contribution in [2.45, 2.75) is 6.04 Å².